The van der Waals surface area contributed by atoms with Crippen molar-refractivity contribution in [3.8, 4) is 0 Å². The van der Waals surface area contributed by atoms with Gasteiger partial charge in [-0.25, -0.2) is 5.84 Å². The minimum Gasteiger partial charge on any atom is -0.382 e. The molecule has 0 saturated heterocycles. The lowest BCUT2D eigenvalue weighted by atomic mass is 9.73. The average molecular weight is 270 g/mol. The van der Waals surface area contributed by atoms with Gasteiger partial charge in [0.2, 0.25) is 5.96 Å². The molecule has 112 valence electrons. The van der Waals surface area contributed by atoms with Crippen LogP contribution in [0.2, 0.25) is 0 Å². The van der Waals surface area contributed by atoms with Gasteiger partial charge in [-0.1, -0.05) is 26.7 Å². The van der Waals surface area contributed by atoms with E-state index in [0.29, 0.717) is 17.4 Å². The van der Waals surface area contributed by atoms with Crippen LogP contribution in [0, 0.1) is 5.41 Å². The predicted molar refractivity (Wildman–Crippen MR) is 79.9 cm³/mol. The van der Waals surface area contributed by atoms with Crippen LogP contribution < -0.4 is 16.6 Å². The molecule has 0 aromatic rings. The van der Waals surface area contributed by atoms with Crippen molar-refractivity contribution in [2.45, 2.75) is 58.9 Å². The Kier molecular flexibility index (Phi) is 7.16. The first-order valence-electron chi connectivity index (χ1n) is 7.45. The van der Waals surface area contributed by atoms with Gasteiger partial charge in [0, 0.05) is 25.8 Å². The molecule has 0 bridgehead atoms. The highest BCUT2D eigenvalue weighted by Gasteiger charge is 2.32. The Morgan fingerprint density at radius 2 is 2.21 bits per heavy atom. The van der Waals surface area contributed by atoms with Gasteiger partial charge in [-0.3, -0.25) is 10.4 Å². The number of ether oxygens (including phenoxy) is 1. The van der Waals surface area contributed by atoms with Crippen LogP contribution in [0.5, 0.6) is 0 Å². The topological polar surface area (TPSA) is 71.7 Å². The summed E-state index contributed by atoms with van der Waals surface area (Å²) in [5.41, 5.74) is 2.98. The van der Waals surface area contributed by atoms with Crippen molar-refractivity contribution in [3.63, 3.8) is 0 Å². The predicted octanol–water partition coefficient (Wildman–Crippen LogP) is 1.79. The maximum Gasteiger partial charge on any atom is 0.205 e. The fraction of sp³-hybridized carbons (Fsp3) is 0.929. The van der Waals surface area contributed by atoms with E-state index in [1.165, 1.54) is 25.7 Å². The Labute approximate surface area is 117 Å². The number of guanidine groups is 1. The van der Waals surface area contributed by atoms with Gasteiger partial charge in [0.05, 0.1) is 0 Å². The molecular weight excluding hydrogens is 240 g/mol. The van der Waals surface area contributed by atoms with Crippen molar-refractivity contribution in [3.05, 3.63) is 0 Å². The molecule has 4 N–H and O–H groups in total. The summed E-state index contributed by atoms with van der Waals surface area (Å²) in [6, 6.07) is 0.447. The highest BCUT2D eigenvalue weighted by molar-refractivity contribution is 5.79. The summed E-state index contributed by atoms with van der Waals surface area (Å²) in [6.45, 7) is 8.88. The van der Waals surface area contributed by atoms with E-state index in [0.717, 1.165) is 26.2 Å². The highest BCUT2D eigenvalue weighted by atomic mass is 16.5. The molecule has 1 fully saturated rings. The van der Waals surface area contributed by atoms with E-state index in [9.17, 15) is 0 Å². The lowest BCUT2D eigenvalue weighted by molar-refractivity contribution is 0.146. The second-order valence-corrected chi connectivity index (χ2v) is 5.86. The first-order valence-corrected chi connectivity index (χ1v) is 7.45. The molecule has 19 heavy (non-hydrogen) atoms. The van der Waals surface area contributed by atoms with Crippen molar-refractivity contribution in [2.75, 3.05) is 19.8 Å². The van der Waals surface area contributed by atoms with Gasteiger partial charge < -0.3 is 10.1 Å². The van der Waals surface area contributed by atoms with E-state index < -0.39 is 0 Å². The third-order valence-electron chi connectivity index (χ3n) is 3.88. The summed E-state index contributed by atoms with van der Waals surface area (Å²) in [5, 5.41) is 3.46. The number of aliphatic imine (C=N–C) groups is 1. The summed E-state index contributed by atoms with van der Waals surface area (Å²) in [7, 11) is 0. The maximum atomic E-state index is 5.54. The Hall–Kier alpha value is -0.810. The van der Waals surface area contributed by atoms with Crippen LogP contribution in [0.15, 0.2) is 4.99 Å². The van der Waals surface area contributed by atoms with Gasteiger partial charge in [0.15, 0.2) is 0 Å². The van der Waals surface area contributed by atoms with Crippen molar-refractivity contribution >= 4 is 5.96 Å². The van der Waals surface area contributed by atoms with E-state index in [-0.39, 0.29) is 0 Å². The van der Waals surface area contributed by atoms with E-state index in [1.807, 2.05) is 6.92 Å². The molecule has 0 spiro atoms. The molecule has 1 aliphatic rings. The molecule has 0 aromatic heterocycles. The fourth-order valence-corrected chi connectivity index (χ4v) is 2.56. The smallest absolute Gasteiger partial charge is 0.205 e. The van der Waals surface area contributed by atoms with Crippen LogP contribution in [-0.4, -0.2) is 31.8 Å². The minimum atomic E-state index is 0.307. The Balaban J connectivity index is 2.39. The number of nitrogens with two attached hydrogens (primary N) is 1. The molecule has 0 amide bonds. The number of hydrogen-bond acceptors (Lipinski definition) is 3. The molecule has 5 heteroatoms. The number of hydrogen-bond donors (Lipinski definition) is 3. The molecule has 1 unspecified atom stereocenters. The first-order chi connectivity index (χ1) is 9.10. The van der Waals surface area contributed by atoms with Gasteiger partial charge in [-0.15, -0.1) is 0 Å². The average Bonchev–Trinajstić information content (AvgIpc) is 2.39. The monoisotopic (exact) mass is 270 g/mol. The summed E-state index contributed by atoms with van der Waals surface area (Å²) in [5.74, 6) is 6.25. The van der Waals surface area contributed by atoms with Crippen LogP contribution in [0.1, 0.15) is 52.9 Å². The first kappa shape index (κ1) is 16.2. The zero-order chi connectivity index (χ0) is 14.1. The van der Waals surface area contributed by atoms with Crippen LogP contribution in [0.3, 0.4) is 0 Å². The van der Waals surface area contributed by atoms with Crippen molar-refractivity contribution in [1.29, 1.82) is 0 Å². The third kappa shape index (κ3) is 5.78. The normalized spacial score (nSPS) is 23.2. The van der Waals surface area contributed by atoms with Crippen LogP contribution in [0.25, 0.3) is 0 Å². The molecule has 0 heterocycles. The molecular formula is C14H30N4O. The van der Waals surface area contributed by atoms with Crippen molar-refractivity contribution < 1.29 is 4.74 Å². The number of rotatable bonds is 6. The molecule has 0 aliphatic heterocycles. The van der Waals surface area contributed by atoms with Crippen LogP contribution >= 0.6 is 0 Å². The van der Waals surface area contributed by atoms with Crippen LogP contribution in [0.4, 0.5) is 0 Å². The van der Waals surface area contributed by atoms with Gasteiger partial charge in [0.1, 0.15) is 0 Å². The zero-order valence-corrected chi connectivity index (χ0v) is 12.7. The number of nitrogens with one attached hydrogen (secondary N) is 2. The fourth-order valence-electron chi connectivity index (χ4n) is 2.56. The Bertz CT molecular complexity index is 279. The quantitative estimate of drug-likeness (QED) is 0.226. The van der Waals surface area contributed by atoms with Gasteiger partial charge in [-0.05, 0) is 31.6 Å². The molecule has 1 aliphatic carbocycles. The second kappa shape index (κ2) is 8.38. The summed E-state index contributed by atoms with van der Waals surface area (Å²) in [6.07, 6.45) is 5.97. The molecule has 0 aromatic carbocycles. The van der Waals surface area contributed by atoms with E-state index in [4.69, 9.17) is 10.6 Å². The zero-order valence-electron chi connectivity index (χ0n) is 12.7. The third-order valence-corrected chi connectivity index (χ3v) is 3.88. The van der Waals surface area contributed by atoms with E-state index in [1.54, 1.807) is 0 Å². The summed E-state index contributed by atoms with van der Waals surface area (Å²) >= 11 is 0. The minimum absolute atomic E-state index is 0.307. The lowest BCUT2D eigenvalue weighted by Crippen LogP contribution is -2.52. The Morgan fingerprint density at radius 3 is 2.84 bits per heavy atom. The van der Waals surface area contributed by atoms with E-state index >= 15 is 0 Å². The maximum absolute atomic E-state index is 5.54. The summed E-state index contributed by atoms with van der Waals surface area (Å²) < 4.78 is 5.29. The highest BCUT2D eigenvalue weighted by Crippen LogP contribution is 2.35. The van der Waals surface area contributed by atoms with Gasteiger partial charge in [0.25, 0.3) is 0 Å². The second-order valence-electron chi connectivity index (χ2n) is 5.86. The largest absolute Gasteiger partial charge is 0.382 e. The number of nitrogens with zero attached hydrogens (tertiary/aromatic N) is 1. The SMILES string of the molecule is CCOCCCN=C(NN)NC1CCCCC1(C)C. The lowest BCUT2D eigenvalue weighted by Gasteiger charge is -2.39. The van der Waals surface area contributed by atoms with Gasteiger partial charge in [-0.2, -0.15) is 0 Å². The molecule has 1 rings (SSSR count). The Morgan fingerprint density at radius 1 is 1.42 bits per heavy atom. The molecule has 5 nitrogen and oxygen atoms in total. The van der Waals surface area contributed by atoms with Crippen molar-refractivity contribution in [1.82, 2.24) is 10.7 Å². The number of hydrazine groups is 1. The van der Waals surface area contributed by atoms with E-state index in [2.05, 4.69) is 29.6 Å². The van der Waals surface area contributed by atoms with Gasteiger partial charge >= 0.3 is 0 Å². The standard InChI is InChI=1S/C14H30N4O/c1-4-19-11-7-10-16-13(18-15)17-12-8-5-6-9-14(12,2)3/h12H,4-11,15H2,1-3H3,(H2,16,17,18). The molecule has 1 atom stereocenters. The van der Waals surface area contributed by atoms with Crippen LogP contribution in [-0.2, 0) is 4.74 Å². The molecule has 0 radical (unpaired) electrons. The summed E-state index contributed by atoms with van der Waals surface area (Å²) in [4.78, 5) is 4.46. The molecule has 1 saturated carbocycles. The van der Waals surface area contributed by atoms with Crippen molar-refractivity contribution in [2.24, 2.45) is 16.3 Å².